The second-order valence-corrected chi connectivity index (χ2v) is 9.00. The third-order valence-electron chi connectivity index (χ3n) is 6.80. The summed E-state index contributed by atoms with van der Waals surface area (Å²) in [6.07, 6.45) is 4.31. The van der Waals surface area contributed by atoms with E-state index >= 15 is 0 Å². The molecule has 4 heteroatoms. The Hall–Kier alpha value is -1.81. The first-order valence-corrected chi connectivity index (χ1v) is 10.6. The molecule has 4 nitrogen and oxygen atoms in total. The number of ether oxygens (including phenoxy) is 2. The van der Waals surface area contributed by atoms with Crippen LogP contribution in [0.25, 0.3) is 0 Å². The van der Waals surface area contributed by atoms with E-state index in [1.54, 1.807) is 0 Å². The minimum absolute atomic E-state index is 0.0751. The Balaban J connectivity index is 1.71. The molecule has 1 aliphatic heterocycles. The number of nitrogens with one attached hydrogen (secondary N) is 1. The van der Waals surface area contributed by atoms with E-state index < -0.39 is 0 Å². The highest BCUT2D eigenvalue weighted by Gasteiger charge is 2.54. The predicted molar refractivity (Wildman–Crippen MR) is 112 cm³/mol. The molecule has 1 N–H and O–H groups in total. The summed E-state index contributed by atoms with van der Waals surface area (Å²) in [5.74, 6) is 1.11. The van der Waals surface area contributed by atoms with Crippen LogP contribution in [0, 0.1) is 23.2 Å². The van der Waals surface area contributed by atoms with Crippen LogP contribution in [0.4, 0.5) is 4.79 Å². The Kier molecular flexibility index (Phi) is 6.49. The van der Waals surface area contributed by atoms with Gasteiger partial charge in [-0.1, -0.05) is 55.8 Å². The highest BCUT2D eigenvalue weighted by molar-refractivity contribution is 5.67. The van der Waals surface area contributed by atoms with Gasteiger partial charge in [-0.15, -0.1) is 0 Å². The predicted octanol–water partition coefficient (Wildman–Crippen LogP) is 4.99. The average Bonchev–Trinajstić information content (AvgIpc) is 2.64. The summed E-state index contributed by atoms with van der Waals surface area (Å²) in [4.78, 5) is 12.1. The van der Waals surface area contributed by atoms with Crippen molar-refractivity contribution in [3.8, 4) is 0 Å². The number of alkyl carbamates (subject to hydrolysis) is 1. The molecule has 0 radical (unpaired) electrons. The summed E-state index contributed by atoms with van der Waals surface area (Å²) in [7, 11) is 0. The topological polar surface area (TPSA) is 47.6 Å². The number of benzene rings is 1. The van der Waals surface area contributed by atoms with Crippen LogP contribution in [0.3, 0.4) is 0 Å². The van der Waals surface area contributed by atoms with Crippen LogP contribution in [-0.4, -0.2) is 31.5 Å². The number of fused-ring (bicyclic) bond motifs is 2. The third kappa shape index (κ3) is 4.27. The van der Waals surface area contributed by atoms with Crippen LogP contribution in [0.1, 0.15) is 46.6 Å². The summed E-state index contributed by atoms with van der Waals surface area (Å²) < 4.78 is 12.1. The van der Waals surface area contributed by atoms with Crippen molar-refractivity contribution in [2.45, 2.75) is 59.6 Å². The fourth-order valence-electron chi connectivity index (χ4n) is 5.08. The highest BCUT2D eigenvalue weighted by Crippen LogP contribution is 2.53. The fourth-order valence-corrected chi connectivity index (χ4v) is 5.08. The van der Waals surface area contributed by atoms with E-state index in [1.165, 1.54) is 11.1 Å². The third-order valence-corrected chi connectivity index (χ3v) is 6.80. The van der Waals surface area contributed by atoms with Gasteiger partial charge in [-0.3, -0.25) is 0 Å². The zero-order valence-corrected chi connectivity index (χ0v) is 17.9. The lowest BCUT2D eigenvalue weighted by molar-refractivity contribution is -0.164. The molecule has 28 heavy (non-hydrogen) atoms. The standard InChI is InChI=1S/C24H35NO3/c1-16(2)25-23(26)28-15-24-14-27-21(12-11-20-9-7-6-8-10-20)22(19(24)5)17(3)13-18(24)4/h6-10,13,16,18-19,21-22H,11-12,14-15H2,1-5H3,(H,25,26)/t18-,19+,21-,22-,24+/m0/s1. The molecule has 0 spiro atoms. The van der Waals surface area contributed by atoms with Crippen molar-refractivity contribution in [3.05, 3.63) is 47.5 Å². The largest absolute Gasteiger partial charge is 0.449 e. The molecular formula is C24H35NO3. The minimum atomic E-state index is -0.335. The number of hydrogen-bond acceptors (Lipinski definition) is 3. The molecule has 1 aliphatic carbocycles. The second-order valence-electron chi connectivity index (χ2n) is 9.00. The maximum atomic E-state index is 12.1. The van der Waals surface area contributed by atoms with Crippen LogP contribution in [0.15, 0.2) is 42.0 Å². The van der Waals surface area contributed by atoms with Crippen molar-refractivity contribution in [2.24, 2.45) is 23.2 Å². The van der Waals surface area contributed by atoms with Crippen molar-refractivity contribution >= 4 is 6.09 Å². The normalized spacial score (nSPS) is 32.0. The summed E-state index contributed by atoms with van der Waals surface area (Å²) in [5, 5.41) is 2.82. The van der Waals surface area contributed by atoms with Crippen LogP contribution in [0.2, 0.25) is 0 Å². The van der Waals surface area contributed by atoms with Gasteiger partial charge in [0, 0.05) is 17.4 Å². The molecule has 0 unspecified atom stereocenters. The molecule has 5 atom stereocenters. The number of carbonyl (C=O) groups excluding carboxylic acids is 1. The number of aryl methyl sites for hydroxylation is 1. The Labute approximate surface area is 169 Å². The summed E-state index contributed by atoms with van der Waals surface area (Å²) >= 11 is 0. The van der Waals surface area contributed by atoms with Gasteiger partial charge in [0.1, 0.15) is 6.61 Å². The Morgan fingerprint density at radius 1 is 1.29 bits per heavy atom. The molecule has 1 saturated heterocycles. The minimum Gasteiger partial charge on any atom is -0.449 e. The monoisotopic (exact) mass is 385 g/mol. The van der Waals surface area contributed by atoms with Gasteiger partial charge in [-0.2, -0.15) is 0 Å². The molecule has 1 heterocycles. The Bertz CT molecular complexity index is 699. The highest BCUT2D eigenvalue weighted by atomic mass is 16.6. The quantitative estimate of drug-likeness (QED) is 0.702. The van der Waals surface area contributed by atoms with Crippen LogP contribution >= 0.6 is 0 Å². The van der Waals surface area contributed by atoms with Gasteiger partial charge in [0.15, 0.2) is 0 Å². The van der Waals surface area contributed by atoms with Gasteiger partial charge in [-0.05, 0) is 51.0 Å². The van der Waals surface area contributed by atoms with Crippen LogP contribution in [-0.2, 0) is 15.9 Å². The van der Waals surface area contributed by atoms with E-state index in [4.69, 9.17) is 9.47 Å². The van der Waals surface area contributed by atoms with Gasteiger partial charge in [0.25, 0.3) is 0 Å². The molecule has 1 aromatic carbocycles. The first kappa shape index (κ1) is 20.9. The summed E-state index contributed by atoms with van der Waals surface area (Å²) in [6.45, 7) is 11.7. The van der Waals surface area contributed by atoms with E-state index in [9.17, 15) is 4.79 Å². The van der Waals surface area contributed by atoms with Gasteiger partial charge < -0.3 is 14.8 Å². The van der Waals surface area contributed by atoms with Crippen molar-refractivity contribution in [1.29, 1.82) is 0 Å². The lowest BCUT2D eigenvalue weighted by atomic mass is 9.56. The lowest BCUT2D eigenvalue weighted by Gasteiger charge is -2.55. The van der Waals surface area contributed by atoms with Crippen molar-refractivity contribution in [2.75, 3.05) is 13.2 Å². The molecule has 2 aliphatic rings. The maximum Gasteiger partial charge on any atom is 0.407 e. The van der Waals surface area contributed by atoms with E-state index in [0.717, 1.165) is 12.8 Å². The van der Waals surface area contributed by atoms with E-state index in [-0.39, 0.29) is 23.7 Å². The molecule has 2 bridgehead atoms. The van der Waals surface area contributed by atoms with E-state index in [0.29, 0.717) is 31.0 Å². The molecular weight excluding hydrogens is 350 g/mol. The molecule has 1 amide bonds. The first-order valence-electron chi connectivity index (χ1n) is 10.6. The smallest absolute Gasteiger partial charge is 0.407 e. The van der Waals surface area contributed by atoms with Gasteiger partial charge in [-0.25, -0.2) is 4.79 Å². The Morgan fingerprint density at radius 2 is 2.00 bits per heavy atom. The SMILES string of the molecule is CC1=C[C@H](C)[C@]2(COC(=O)NC(C)C)CO[C@@H](CCc3ccccc3)[C@@H]1[C@H]2C. The molecule has 1 fully saturated rings. The van der Waals surface area contributed by atoms with Crippen molar-refractivity contribution in [1.82, 2.24) is 5.32 Å². The van der Waals surface area contributed by atoms with Gasteiger partial charge in [0.2, 0.25) is 0 Å². The molecule has 0 saturated carbocycles. The first-order chi connectivity index (χ1) is 13.3. The lowest BCUT2D eigenvalue weighted by Crippen LogP contribution is -2.57. The number of rotatable bonds is 6. The number of amides is 1. The van der Waals surface area contributed by atoms with Crippen molar-refractivity contribution < 1.29 is 14.3 Å². The van der Waals surface area contributed by atoms with Gasteiger partial charge in [0.05, 0.1) is 12.7 Å². The fraction of sp³-hybridized carbons (Fsp3) is 0.625. The number of carbonyl (C=O) groups is 1. The molecule has 3 rings (SSSR count). The Morgan fingerprint density at radius 3 is 2.68 bits per heavy atom. The van der Waals surface area contributed by atoms with E-state index in [1.807, 2.05) is 13.8 Å². The summed E-state index contributed by atoms with van der Waals surface area (Å²) in [5.41, 5.74) is 2.62. The maximum absolute atomic E-state index is 12.1. The average molecular weight is 386 g/mol. The van der Waals surface area contributed by atoms with Gasteiger partial charge >= 0.3 is 6.09 Å². The number of allylic oxidation sites excluding steroid dienone is 1. The molecule has 1 aromatic rings. The molecule has 0 aromatic heterocycles. The van der Waals surface area contributed by atoms with Crippen molar-refractivity contribution in [3.63, 3.8) is 0 Å². The number of hydrogen-bond donors (Lipinski definition) is 1. The van der Waals surface area contributed by atoms with Crippen LogP contribution in [0.5, 0.6) is 0 Å². The molecule has 154 valence electrons. The zero-order valence-electron chi connectivity index (χ0n) is 17.9. The van der Waals surface area contributed by atoms with E-state index in [2.05, 4.69) is 62.5 Å². The summed E-state index contributed by atoms with van der Waals surface area (Å²) in [6, 6.07) is 10.7. The zero-order chi connectivity index (χ0) is 20.3. The second kappa shape index (κ2) is 8.69. The van der Waals surface area contributed by atoms with Crippen LogP contribution < -0.4 is 5.32 Å².